The maximum absolute atomic E-state index is 12.5. The second kappa shape index (κ2) is 7.34. The van der Waals surface area contributed by atoms with E-state index in [9.17, 15) is 4.79 Å². The van der Waals surface area contributed by atoms with Crippen LogP contribution in [0, 0.1) is 0 Å². The Hall–Kier alpha value is -1.71. The number of nitrogens with one attached hydrogen (secondary N) is 1. The van der Waals surface area contributed by atoms with E-state index in [4.69, 9.17) is 5.73 Å². The van der Waals surface area contributed by atoms with Gasteiger partial charge in [0.1, 0.15) is 6.04 Å². The van der Waals surface area contributed by atoms with Gasteiger partial charge in [-0.1, -0.05) is 13.8 Å². The Morgan fingerprint density at radius 3 is 2.33 bits per heavy atom. The molecule has 0 saturated heterocycles. The van der Waals surface area contributed by atoms with E-state index in [0.29, 0.717) is 0 Å². The molecule has 0 radical (unpaired) electrons. The third-order valence-electron chi connectivity index (χ3n) is 3.88. The normalized spacial score (nSPS) is 12.8. The molecule has 1 rings (SSSR count). The van der Waals surface area contributed by atoms with Gasteiger partial charge in [0.15, 0.2) is 0 Å². The first kappa shape index (κ1) is 17.3. The summed E-state index contributed by atoms with van der Waals surface area (Å²) in [6.45, 7) is 11.1. The number of nitrogens with two attached hydrogens (primary N) is 1. The molecule has 1 unspecified atom stereocenters. The van der Waals surface area contributed by atoms with E-state index in [1.165, 1.54) is 0 Å². The van der Waals surface area contributed by atoms with Crippen LogP contribution in [0.5, 0.6) is 0 Å². The zero-order valence-corrected chi connectivity index (χ0v) is 13.9. The molecule has 3 N–H and O–H groups in total. The molecular weight excluding hydrogens is 262 g/mol. The summed E-state index contributed by atoms with van der Waals surface area (Å²) in [7, 11) is 0. The van der Waals surface area contributed by atoms with Crippen molar-refractivity contribution in [2.75, 3.05) is 17.2 Å². The lowest BCUT2D eigenvalue weighted by molar-refractivity contribution is -0.123. The monoisotopic (exact) mass is 291 g/mol. The van der Waals surface area contributed by atoms with Crippen molar-refractivity contribution in [1.82, 2.24) is 5.32 Å². The first-order chi connectivity index (χ1) is 9.80. The van der Waals surface area contributed by atoms with Crippen molar-refractivity contribution < 1.29 is 4.79 Å². The smallest absolute Gasteiger partial charge is 0.242 e. The number of carbonyl (C=O) groups is 1. The highest BCUT2D eigenvalue weighted by atomic mass is 16.2. The van der Waals surface area contributed by atoms with Crippen molar-refractivity contribution in [3.63, 3.8) is 0 Å². The maximum atomic E-state index is 12.5. The number of nitrogens with zero attached hydrogens (tertiary/aromatic N) is 1. The molecule has 0 heterocycles. The Kier molecular flexibility index (Phi) is 6.06. The number of hydrogen-bond donors (Lipinski definition) is 2. The van der Waals surface area contributed by atoms with Crippen LogP contribution < -0.4 is 16.0 Å². The van der Waals surface area contributed by atoms with Gasteiger partial charge in [0.25, 0.3) is 0 Å². The summed E-state index contributed by atoms with van der Waals surface area (Å²) in [5.41, 5.74) is 7.33. The summed E-state index contributed by atoms with van der Waals surface area (Å²) in [5.74, 6) is 0.0622. The molecule has 1 aromatic rings. The summed E-state index contributed by atoms with van der Waals surface area (Å²) >= 11 is 0. The fraction of sp³-hybridized carbons (Fsp3) is 0.588. The molecular formula is C17H29N3O. The number of nitrogen functional groups attached to an aromatic ring is 1. The van der Waals surface area contributed by atoms with E-state index in [2.05, 4.69) is 24.1 Å². The largest absolute Gasteiger partial charge is 0.399 e. The van der Waals surface area contributed by atoms with Crippen LogP contribution in [0.4, 0.5) is 11.4 Å². The van der Waals surface area contributed by atoms with Crippen LogP contribution in [-0.4, -0.2) is 24.0 Å². The highest BCUT2D eigenvalue weighted by molar-refractivity contribution is 5.85. The van der Waals surface area contributed by atoms with Gasteiger partial charge in [0, 0.05) is 23.5 Å². The number of amides is 1. The van der Waals surface area contributed by atoms with Crippen molar-refractivity contribution in [1.29, 1.82) is 0 Å². The minimum absolute atomic E-state index is 0.0622. The van der Waals surface area contributed by atoms with Crippen molar-refractivity contribution in [2.24, 2.45) is 0 Å². The first-order valence-electron chi connectivity index (χ1n) is 7.75. The highest BCUT2D eigenvalue weighted by Crippen LogP contribution is 2.20. The topological polar surface area (TPSA) is 58.4 Å². The summed E-state index contributed by atoms with van der Waals surface area (Å²) in [4.78, 5) is 14.6. The molecule has 4 heteroatoms. The first-order valence-corrected chi connectivity index (χ1v) is 7.75. The Balaban J connectivity index is 2.89. The van der Waals surface area contributed by atoms with Gasteiger partial charge >= 0.3 is 0 Å². The van der Waals surface area contributed by atoms with E-state index in [-0.39, 0.29) is 17.5 Å². The van der Waals surface area contributed by atoms with E-state index in [1.54, 1.807) is 0 Å². The lowest BCUT2D eigenvalue weighted by atomic mass is 10.0. The van der Waals surface area contributed by atoms with Crippen molar-refractivity contribution in [3.8, 4) is 0 Å². The average molecular weight is 291 g/mol. The van der Waals surface area contributed by atoms with Crippen LogP contribution in [0.2, 0.25) is 0 Å². The van der Waals surface area contributed by atoms with E-state index < -0.39 is 0 Å². The van der Waals surface area contributed by atoms with Crippen molar-refractivity contribution in [3.05, 3.63) is 24.3 Å². The average Bonchev–Trinajstić information content (AvgIpc) is 2.45. The zero-order chi connectivity index (χ0) is 16.0. The van der Waals surface area contributed by atoms with Crippen LogP contribution >= 0.6 is 0 Å². The molecule has 0 saturated carbocycles. The van der Waals surface area contributed by atoms with E-state index >= 15 is 0 Å². The maximum Gasteiger partial charge on any atom is 0.242 e. The molecule has 1 amide bonds. The third-order valence-corrected chi connectivity index (χ3v) is 3.88. The molecule has 0 spiro atoms. The van der Waals surface area contributed by atoms with Gasteiger partial charge in [-0.2, -0.15) is 0 Å². The molecule has 0 aromatic heterocycles. The van der Waals surface area contributed by atoms with Gasteiger partial charge in [-0.15, -0.1) is 0 Å². The number of anilines is 2. The molecule has 118 valence electrons. The standard InChI is InChI=1S/C17H29N3O/c1-6-12-20(15-10-8-14(18)9-11-15)13(3)16(21)19-17(4,5)7-2/h8-11,13H,6-7,12,18H2,1-5H3,(H,19,21). The molecule has 0 bridgehead atoms. The molecule has 0 aliphatic rings. The van der Waals surface area contributed by atoms with Crippen LogP contribution in [0.3, 0.4) is 0 Å². The fourth-order valence-corrected chi connectivity index (χ4v) is 2.12. The number of carbonyl (C=O) groups excluding carboxylic acids is 1. The molecule has 0 fully saturated rings. The fourth-order valence-electron chi connectivity index (χ4n) is 2.12. The van der Waals surface area contributed by atoms with Gasteiger partial charge < -0.3 is 16.0 Å². The molecule has 1 aromatic carbocycles. The number of benzene rings is 1. The van der Waals surface area contributed by atoms with Crippen LogP contribution in [-0.2, 0) is 4.79 Å². The highest BCUT2D eigenvalue weighted by Gasteiger charge is 2.25. The molecule has 4 nitrogen and oxygen atoms in total. The van der Waals surface area contributed by atoms with Gasteiger partial charge in [0.2, 0.25) is 5.91 Å². The van der Waals surface area contributed by atoms with Crippen molar-refractivity contribution >= 4 is 17.3 Å². The van der Waals surface area contributed by atoms with E-state index in [0.717, 1.165) is 30.8 Å². The van der Waals surface area contributed by atoms with Crippen LogP contribution in [0.25, 0.3) is 0 Å². The zero-order valence-electron chi connectivity index (χ0n) is 13.9. The third kappa shape index (κ3) is 4.96. The predicted molar refractivity (Wildman–Crippen MR) is 90.5 cm³/mol. The predicted octanol–water partition coefficient (Wildman–Crippen LogP) is 3.18. The summed E-state index contributed by atoms with van der Waals surface area (Å²) in [6, 6.07) is 7.48. The van der Waals surface area contributed by atoms with Gasteiger partial charge in [-0.25, -0.2) is 0 Å². The SMILES string of the molecule is CCCN(c1ccc(N)cc1)C(C)C(=O)NC(C)(C)CC. The minimum Gasteiger partial charge on any atom is -0.399 e. The molecule has 0 aliphatic heterocycles. The summed E-state index contributed by atoms with van der Waals surface area (Å²) < 4.78 is 0. The molecule has 1 atom stereocenters. The molecule has 21 heavy (non-hydrogen) atoms. The Morgan fingerprint density at radius 2 is 1.86 bits per heavy atom. The van der Waals surface area contributed by atoms with Gasteiger partial charge in [-0.05, 0) is 57.9 Å². The van der Waals surface area contributed by atoms with Crippen LogP contribution in [0.15, 0.2) is 24.3 Å². The van der Waals surface area contributed by atoms with Gasteiger partial charge in [0.05, 0.1) is 0 Å². The van der Waals surface area contributed by atoms with Crippen molar-refractivity contribution in [2.45, 2.75) is 59.0 Å². The van der Waals surface area contributed by atoms with Crippen LogP contribution in [0.1, 0.15) is 47.5 Å². The second-order valence-electron chi connectivity index (χ2n) is 6.19. The minimum atomic E-state index is -0.209. The molecule has 0 aliphatic carbocycles. The summed E-state index contributed by atoms with van der Waals surface area (Å²) in [5, 5.41) is 3.12. The number of hydrogen-bond acceptors (Lipinski definition) is 3. The number of rotatable bonds is 7. The summed E-state index contributed by atoms with van der Waals surface area (Å²) in [6.07, 6.45) is 1.89. The Morgan fingerprint density at radius 1 is 1.29 bits per heavy atom. The quantitative estimate of drug-likeness (QED) is 0.759. The lowest BCUT2D eigenvalue weighted by Crippen LogP contribution is -2.52. The Bertz CT molecular complexity index is 454. The van der Waals surface area contributed by atoms with Gasteiger partial charge in [-0.3, -0.25) is 4.79 Å². The lowest BCUT2D eigenvalue weighted by Gasteiger charge is -2.33. The second-order valence-corrected chi connectivity index (χ2v) is 6.19. The van der Waals surface area contributed by atoms with E-state index in [1.807, 2.05) is 45.0 Å². The Labute approximate surface area is 128 Å².